The monoisotopic (exact) mass is 283 g/mol. The summed E-state index contributed by atoms with van der Waals surface area (Å²) in [6.07, 6.45) is 2.91. The standard InChI is InChI=1S/C12H25N7O/c1-4-5-9(6-7-20)8-14-10-15-11(18-13)17-12(16-10)19(2)3/h9,20H,4-8,13H2,1-3H3,(H2,14,15,16,17,18). The maximum absolute atomic E-state index is 9.06. The normalized spacial score (nSPS) is 12.1. The quantitative estimate of drug-likeness (QED) is 0.381. The topological polar surface area (TPSA) is 112 Å². The summed E-state index contributed by atoms with van der Waals surface area (Å²) in [7, 11) is 3.70. The average Bonchev–Trinajstić information content (AvgIpc) is 2.44. The van der Waals surface area contributed by atoms with Gasteiger partial charge in [0.2, 0.25) is 17.8 Å². The number of nitrogen functional groups attached to an aromatic ring is 1. The lowest BCUT2D eigenvalue weighted by Crippen LogP contribution is -2.21. The second-order valence-corrected chi connectivity index (χ2v) is 4.87. The zero-order chi connectivity index (χ0) is 15.0. The highest BCUT2D eigenvalue weighted by Gasteiger charge is 2.10. The Labute approximate surface area is 119 Å². The van der Waals surface area contributed by atoms with E-state index in [2.05, 4.69) is 32.6 Å². The second kappa shape index (κ2) is 8.49. The van der Waals surface area contributed by atoms with E-state index in [1.165, 1.54) is 0 Å². The number of hydrazine groups is 1. The maximum Gasteiger partial charge on any atom is 0.243 e. The first-order valence-corrected chi connectivity index (χ1v) is 6.85. The molecule has 8 heteroatoms. The fraction of sp³-hybridized carbons (Fsp3) is 0.750. The third kappa shape index (κ3) is 5.14. The van der Waals surface area contributed by atoms with Gasteiger partial charge in [0.15, 0.2) is 0 Å². The number of aliphatic hydroxyl groups is 1. The van der Waals surface area contributed by atoms with E-state index in [9.17, 15) is 0 Å². The number of nitrogens with two attached hydrogens (primary N) is 1. The van der Waals surface area contributed by atoms with Gasteiger partial charge in [0.25, 0.3) is 0 Å². The molecule has 0 aliphatic rings. The molecule has 0 amide bonds. The van der Waals surface area contributed by atoms with Crippen LogP contribution in [-0.2, 0) is 0 Å². The van der Waals surface area contributed by atoms with Crippen molar-refractivity contribution < 1.29 is 5.11 Å². The number of anilines is 3. The van der Waals surface area contributed by atoms with E-state index in [-0.39, 0.29) is 6.61 Å². The second-order valence-electron chi connectivity index (χ2n) is 4.87. The Morgan fingerprint density at radius 2 is 1.90 bits per heavy atom. The first-order chi connectivity index (χ1) is 9.60. The highest BCUT2D eigenvalue weighted by atomic mass is 16.3. The van der Waals surface area contributed by atoms with E-state index in [1.807, 2.05) is 14.1 Å². The van der Waals surface area contributed by atoms with Gasteiger partial charge in [0.05, 0.1) is 0 Å². The third-order valence-corrected chi connectivity index (χ3v) is 2.94. The van der Waals surface area contributed by atoms with Crippen molar-refractivity contribution in [3.8, 4) is 0 Å². The Morgan fingerprint density at radius 1 is 1.20 bits per heavy atom. The summed E-state index contributed by atoms with van der Waals surface area (Å²) in [6, 6.07) is 0. The zero-order valence-corrected chi connectivity index (χ0v) is 12.4. The van der Waals surface area contributed by atoms with E-state index in [0.29, 0.717) is 23.8 Å². The van der Waals surface area contributed by atoms with Gasteiger partial charge < -0.3 is 15.3 Å². The minimum atomic E-state index is 0.197. The number of hydrogen-bond acceptors (Lipinski definition) is 8. The van der Waals surface area contributed by atoms with Crippen LogP contribution in [0.15, 0.2) is 0 Å². The third-order valence-electron chi connectivity index (χ3n) is 2.94. The molecule has 1 heterocycles. The van der Waals surface area contributed by atoms with E-state index in [1.54, 1.807) is 4.90 Å². The molecule has 1 aromatic rings. The summed E-state index contributed by atoms with van der Waals surface area (Å²) in [5, 5.41) is 12.2. The number of nitrogens with zero attached hydrogens (tertiary/aromatic N) is 4. The minimum absolute atomic E-state index is 0.197. The lowest BCUT2D eigenvalue weighted by Gasteiger charge is -2.17. The van der Waals surface area contributed by atoms with Crippen LogP contribution in [0, 0.1) is 5.92 Å². The fourth-order valence-corrected chi connectivity index (χ4v) is 1.88. The van der Waals surface area contributed by atoms with E-state index in [4.69, 9.17) is 10.9 Å². The van der Waals surface area contributed by atoms with Crippen LogP contribution in [0.5, 0.6) is 0 Å². The number of aliphatic hydroxyl groups excluding tert-OH is 1. The van der Waals surface area contributed by atoms with Crippen molar-refractivity contribution in [2.45, 2.75) is 26.2 Å². The molecule has 1 aromatic heterocycles. The van der Waals surface area contributed by atoms with Gasteiger partial charge in [0, 0.05) is 27.2 Å². The zero-order valence-electron chi connectivity index (χ0n) is 12.4. The highest BCUT2D eigenvalue weighted by molar-refractivity contribution is 5.42. The molecule has 1 rings (SSSR count). The molecule has 1 atom stereocenters. The summed E-state index contributed by atoms with van der Waals surface area (Å²) in [5.41, 5.74) is 2.43. The van der Waals surface area contributed by atoms with Gasteiger partial charge >= 0.3 is 0 Å². The van der Waals surface area contributed by atoms with E-state index >= 15 is 0 Å². The number of hydrogen-bond donors (Lipinski definition) is 4. The van der Waals surface area contributed by atoms with Crippen LogP contribution in [0.2, 0.25) is 0 Å². The maximum atomic E-state index is 9.06. The Balaban J connectivity index is 2.72. The van der Waals surface area contributed by atoms with E-state index in [0.717, 1.165) is 25.8 Å². The molecule has 0 bridgehead atoms. The molecule has 0 fully saturated rings. The summed E-state index contributed by atoms with van der Waals surface area (Å²) < 4.78 is 0. The van der Waals surface area contributed by atoms with Gasteiger partial charge in [-0.2, -0.15) is 15.0 Å². The molecule has 0 saturated carbocycles. The van der Waals surface area contributed by atoms with Crippen molar-refractivity contribution in [1.29, 1.82) is 0 Å². The average molecular weight is 283 g/mol. The molecule has 0 aliphatic heterocycles. The predicted octanol–water partition coefficient (Wildman–Crippen LogP) is 0.434. The molecule has 0 radical (unpaired) electrons. The Bertz CT molecular complexity index is 393. The number of rotatable bonds is 9. The van der Waals surface area contributed by atoms with Crippen molar-refractivity contribution in [3.05, 3.63) is 0 Å². The van der Waals surface area contributed by atoms with Gasteiger partial charge in [-0.05, 0) is 18.8 Å². The predicted molar refractivity (Wildman–Crippen MR) is 80.6 cm³/mol. The highest BCUT2D eigenvalue weighted by Crippen LogP contribution is 2.14. The van der Waals surface area contributed by atoms with Crippen molar-refractivity contribution in [2.75, 3.05) is 42.9 Å². The molecule has 114 valence electrons. The molecule has 20 heavy (non-hydrogen) atoms. The lowest BCUT2D eigenvalue weighted by atomic mass is 10.0. The Morgan fingerprint density at radius 3 is 2.45 bits per heavy atom. The molecule has 8 nitrogen and oxygen atoms in total. The molecule has 0 aliphatic carbocycles. The van der Waals surface area contributed by atoms with Gasteiger partial charge in [-0.25, -0.2) is 5.84 Å². The van der Waals surface area contributed by atoms with Crippen molar-refractivity contribution >= 4 is 17.8 Å². The molecular formula is C12H25N7O. The molecular weight excluding hydrogens is 258 g/mol. The van der Waals surface area contributed by atoms with Crippen LogP contribution in [0.1, 0.15) is 26.2 Å². The van der Waals surface area contributed by atoms with Crippen LogP contribution in [0.3, 0.4) is 0 Å². The molecule has 0 saturated heterocycles. The Kier molecular flexibility index (Phi) is 6.96. The smallest absolute Gasteiger partial charge is 0.243 e. The van der Waals surface area contributed by atoms with Crippen molar-refractivity contribution in [3.63, 3.8) is 0 Å². The van der Waals surface area contributed by atoms with Gasteiger partial charge in [0.1, 0.15) is 0 Å². The van der Waals surface area contributed by atoms with Crippen molar-refractivity contribution in [1.82, 2.24) is 15.0 Å². The van der Waals surface area contributed by atoms with Crippen LogP contribution < -0.4 is 21.5 Å². The minimum Gasteiger partial charge on any atom is -0.396 e. The van der Waals surface area contributed by atoms with Crippen LogP contribution in [-0.4, -0.2) is 47.3 Å². The largest absolute Gasteiger partial charge is 0.396 e. The number of aromatic nitrogens is 3. The summed E-state index contributed by atoms with van der Waals surface area (Å²) >= 11 is 0. The van der Waals surface area contributed by atoms with E-state index < -0.39 is 0 Å². The lowest BCUT2D eigenvalue weighted by molar-refractivity contribution is 0.255. The molecule has 0 aromatic carbocycles. The SMILES string of the molecule is CCCC(CCO)CNc1nc(NN)nc(N(C)C)n1. The van der Waals surface area contributed by atoms with Gasteiger partial charge in [-0.15, -0.1) is 0 Å². The number of nitrogens with one attached hydrogen (secondary N) is 2. The summed E-state index contributed by atoms with van der Waals surface area (Å²) in [5.74, 6) is 7.09. The van der Waals surface area contributed by atoms with Crippen molar-refractivity contribution in [2.24, 2.45) is 11.8 Å². The van der Waals surface area contributed by atoms with Gasteiger partial charge in [-0.3, -0.25) is 5.43 Å². The van der Waals surface area contributed by atoms with Gasteiger partial charge in [-0.1, -0.05) is 13.3 Å². The Hall–Kier alpha value is -1.67. The van der Waals surface area contributed by atoms with Crippen LogP contribution in [0.25, 0.3) is 0 Å². The molecule has 5 N–H and O–H groups in total. The first kappa shape index (κ1) is 16.4. The summed E-state index contributed by atoms with van der Waals surface area (Å²) in [6.45, 7) is 3.05. The summed E-state index contributed by atoms with van der Waals surface area (Å²) in [4.78, 5) is 14.4. The van der Waals surface area contributed by atoms with Crippen LogP contribution in [0.4, 0.5) is 17.8 Å². The molecule has 1 unspecified atom stereocenters. The molecule has 0 spiro atoms. The first-order valence-electron chi connectivity index (χ1n) is 6.85. The fourth-order valence-electron chi connectivity index (χ4n) is 1.88. The van der Waals surface area contributed by atoms with Crippen LogP contribution >= 0.6 is 0 Å².